The van der Waals surface area contributed by atoms with E-state index in [1.807, 2.05) is 24.3 Å². The van der Waals surface area contributed by atoms with E-state index in [0.29, 0.717) is 17.7 Å². The summed E-state index contributed by atoms with van der Waals surface area (Å²) >= 11 is 0. The van der Waals surface area contributed by atoms with Crippen LogP contribution in [0.25, 0.3) is 10.8 Å². The number of H-pyrrole nitrogens is 1. The molecule has 0 aliphatic rings. The van der Waals surface area contributed by atoms with E-state index in [1.165, 1.54) is 0 Å². The Bertz CT molecular complexity index is 663. The monoisotopic (exact) mass is 260 g/mol. The Balaban J connectivity index is 2.35. The van der Waals surface area contributed by atoms with E-state index in [-0.39, 0.29) is 5.56 Å². The molecular formula is C14H16N2O3. The van der Waals surface area contributed by atoms with Crippen LogP contribution >= 0.6 is 0 Å². The van der Waals surface area contributed by atoms with Crippen LogP contribution in [-0.2, 0) is 4.79 Å². The Morgan fingerprint density at radius 2 is 2.11 bits per heavy atom. The number of hydrogen-bond acceptors (Lipinski definition) is 3. The van der Waals surface area contributed by atoms with Gasteiger partial charge >= 0.3 is 5.97 Å². The van der Waals surface area contributed by atoms with Gasteiger partial charge in [-0.3, -0.25) is 9.59 Å². The number of carboxylic acids is 1. The van der Waals surface area contributed by atoms with E-state index in [2.05, 4.69) is 4.98 Å². The van der Waals surface area contributed by atoms with Gasteiger partial charge in [-0.05, 0) is 17.5 Å². The molecule has 1 atom stereocenters. The van der Waals surface area contributed by atoms with Gasteiger partial charge < -0.3 is 15.0 Å². The minimum absolute atomic E-state index is 0.164. The van der Waals surface area contributed by atoms with Crippen molar-refractivity contribution in [3.05, 3.63) is 40.7 Å². The summed E-state index contributed by atoms with van der Waals surface area (Å²) in [5, 5.41) is 10.4. The third kappa shape index (κ3) is 2.76. The Kier molecular flexibility index (Phi) is 3.55. The number of anilines is 1. The van der Waals surface area contributed by atoms with Gasteiger partial charge in [-0.2, -0.15) is 0 Å². The van der Waals surface area contributed by atoms with Crippen LogP contribution in [-0.4, -0.2) is 29.7 Å². The van der Waals surface area contributed by atoms with Crippen LogP contribution in [0.4, 0.5) is 5.82 Å². The first-order valence-corrected chi connectivity index (χ1v) is 6.05. The van der Waals surface area contributed by atoms with Crippen molar-refractivity contribution in [2.75, 3.05) is 18.5 Å². The minimum atomic E-state index is -0.852. The van der Waals surface area contributed by atoms with Crippen molar-refractivity contribution in [1.29, 1.82) is 0 Å². The Morgan fingerprint density at radius 3 is 2.79 bits per heavy atom. The van der Waals surface area contributed by atoms with E-state index in [0.717, 1.165) is 5.39 Å². The number of aromatic nitrogens is 1. The zero-order chi connectivity index (χ0) is 14.0. The van der Waals surface area contributed by atoms with Crippen molar-refractivity contribution in [1.82, 2.24) is 4.98 Å². The summed E-state index contributed by atoms with van der Waals surface area (Å²) < 4.78 is 0. The molecular weight excluding hydrogens is 244 g/mol. The highest BCUT2D eigenvalue weighted by molar-refractivity contribution is 5.83. The van der Waals surface area contributed by atoms with Gasteiger partial charge in [-0.25, -0.2) is 0 Å². The lowest BCUT2D eigenvalue weighted by Crippen LogP contribution is -2.30. The molecule has 1 heterocycles. The van der Waals surface area contributed by atoms with Gasteiger partial charge in [0, 0.05) is 19.0 Å². The molecule has 0 amide bonds. The van der Waals surface area contributed by atoms with E-state index in [4.69, 9.17) is 5.11 Å². The van der Waals surface area contributed by atoms with E-state index < -0.39 is 11.9 Å². The summed E-state index contributed by atoms with van der Waals surface area (Å²) in [4.78, 5) is 27.3. The molecule has 1 aromatic carbocycles. The van der Waals surface area contributed by atoms with Crippen LogP contribution in [0.2, 0.25) is 0 Å². The number of nitrogens with zero attached hydrogens (tertiary/aromatic N) is 1. The number of hydrogen-bond donors (Lipinski definition) is 2. The molecule has 0 aliphatic heterocycles. The Hall–Kier alpha value is -2.30. The normalized spacial score (nSPS) is 12.3. The van der Waals surface area contributed by atoms with Gasteiger partial charge in [-0.15, -0.1) is 0 Å². The first-order chi connectivity index (χ1) is 8.99. The molecule has 1 aromatic heterocycles. The minimum Gasteiger partial charge on any atom is -0.481 e. The van der Waals surface area contributed by atoms with Crippen molar-refractivity contribution in [2.24, 2.45) is 5.92 Å². The molecule has 19 heavy (non-hydrogen) atoms. The molecule has 2 rings (SSSR count). The predicted molar refractivity (Wildman–Crippen MR) is 74.6 cm³/mol. The van der Waals surface area contributed by atoms with Crippen LogP contribution in [0.3, 0.4) is 0 Å². The smallest absolute Gasteiger partial charge is 0.308 e. The molecule has 2 aromatic rings. The predicted octanol–water partition coefficient (Wildman–Crippen LogP) is 1.68. The zero-order valence-corrected chi connectivity index (χ0v) is 10.9. The fourth-order valence-corrected chi connectivity index (χ4v) is 1.99. The fourth-order valence-electron chi connectivity index (χ4n) is 1.99. The second kappa shape index (κ2) is 5.14. The van der Waals surface area contributed by atoms with Crippen molar-refractivity contribution < 1.29 is 9.90 Å². The highest BCUT2D eigenvalue weighted by Gasteiger charge is 2.15. The summed E-state index contributed by atoms with van der Waals surface area (Å²) in [6.45, 7) is 1.97. The van der Waals surface area contributed by atoms with Gasteiger partial charge in [-0.1, -0.05) is 25.1 Å². The maximum Gasteiger partial charge on any atom is 0.308 e. The Labute approximate surface area is 110 Å². The molecule has 5 nitrogen and oxygen atoms in total. The third-order valence-corrected chi connectivity index (χ3v) is 3.12. The van der Waals surface area contributed by atoms with Crippen molar-refractivity contribution in [2.45, 2.75) is 6.92 Å². The number of carbonyl (C=O) groups is 1. The van der Waals surface area contributed by atoms with E-state index >= 15 is 0 Å². The highest BCUT2D eigenvalue weighted by Crippen LogP contribution is 2.16. The summed E-state index contributed by atoms with van der Waals surface area (Å²) in [6.07, 6.45) is 0. The first kappa shape index (κ1) is 13.1. The first-order valence-electron chi connectivity index (χ1n) is 6.05. The van der Waals surface area contributed by atoms with Crippen LogP contribution in [0, 0.1) is 5.92 Å². The lowest BCUT2D eigenvalue weighted by Gasteiger charge is -2.21. The molecule has 100 valence electrons. The second-order valence-corrected chi connectivity index (χ2v) is 4.69. The molecule has 1 unspecified atom stereocenters. The number of pyridine rings is 1. The number of rotatable bonds is 4. The lowest BCUT2D eigenvalue weighted by atomic mass is 10.1. The van der Waals surface area contributed by atoms with Gasteiger partial charge in [0.05, 0.1) is 5.92 Å². The number of aliphatic carboxylic acids is 1. The van der Waals surface area contributed by atoms with Gasteiger partial charge in [0.15, 0.2) is 0 Å². The van der Waals surface area contributed by atoms with Crippen LogP contribution in [0.1, 0.15) is 6.92 Å². The van der Waals surface area contributed by atoms with E-state index in [1.54, 1.807) is 24.9 Å². The average molecular weight is 260 g/mol. The molecule has 5 heteroatoms. The van der Waals surface area contributed by atoms with Crippen molar-refractivity contribution in [3.63, 3.8) is 0 Å². The van der Waals surface area contributed by atoms with Crippen LogP contribution < -0.4 is 10.5 Å². The molecule has 0 fully saturated rings. The van der Waals surface area contributed by atoms with Crippen LogP contribution in [0.5, 0.6) is 0 Å². The molecule has 0 radical (unpaired) electrons. The van der Waals surface area contributed by atoms with Gasteiger partial charge in [0.1, 0.15) is 5.82 Å². The maximum atomic E-state index is 11.9. The average Bonchev–Trinajstić information content (AvgIpc) is 2.38. The summed E-state index contributed by atoms with van der Waals surface area (Å²) in [7, 11) is 1.76. The number of benzene rings is 1. The van der Waals surface area contributed by atoms with E-state index in [9.17, 15) is 9.59 Å². The maximum absolute atomic E-state index is 11.9. The number of fused-ring (bicyclic) bond motifs is 1. The SMILES string of the molecule is CC(CN(C)c1cc2ccccc2c(=O)[nH]1)C(=O)O. The highest BCUT2D eigenvalue weighted by atomic mass is 16.4. The Morgan fingerprint density at radius 1 is 1.42 bits per heavy atom. The van der Waals surface area contributed by atoms with Crippen LogP contribution in [0.15, 0.2) is 35.1 Å². The molecule has 0 saturated heterocycles. The number of aromatic amines is 1. The number of carboxylic acid groups (broad SMARTS) is 1. The topological polar surface area (TPSA) is 73.4 Å². The molecule has 0 aliphatic carbocycles. The third-order valence-electron chi connectivity index (χ3n) is 3.12. The molecule has 2 N–H and O–H groups in total. The summed E-state index contributed by atoms with van der Waals surface area (Å²) in [5.74, 6) is -0.730. The number of nitrogens with one attached hydrogen (secondary N) is 1. The summed E-state index contributed by atoms with van der Waals surface area (Å²) in [5.41, 5.74) is -0.164. The van der Waals surface area contributed by atoms with Gasteiger partial charge in [0.25, 0.3) is 5.56 Å². The second-order valence-electron chi connectivity index (χ2n) is 4.69. The van der Waals surface area contributed by atoms with Crippen molar-refractivity contribution in [3.8, 4) is 0 Å². The van der Waals surface area contributed by atoms with Gasteiger partial charge in [0.2, 0.25) is 0 Å². The molecule has 0 spiro atoms. The quantitative estimate of drug-likeness (QED) is 0.877. The van der Waals surface area contributed by atoms with Crippen molar-refractivity contribution >= 4 is 22.6 Å². The summed E-state index contributed by atoms with van der Waals surface area (Å²) in [6, 6.07) is 9.16. The fraction of sp³-hybridized carbons (Fsp3) is 0.286. The molecule has 0 bridgehead atoms. The largest absolute Gasteiger partial charge is 0.481 e. The standard InChI is InChI=1S/C14H16N2O3/c1-9(14(18)19)8-16(2)12-7-10-5-3-4-6-11(10)13(17)15-12/h3-7,9H,8H2,1-2H3,(H,15,17)(H,18,19). The lowest BCUT2D eigenvalue weighted by molar-refractivity contribution is -0.140. The molecule has 0 saturated carbocycles. The zero-order valence-electron chi connectivity index (χ0n) is 10.9.